The van der Waals surface area contributed by atoms with E-state index in [0.29, 0.717) is 6.04 Å². The molecule has 0 aromatic carbocycles. The van der Waals surface area contributed by atoms with Gasteiger partial charge in [-0.05, 0) is 33.7 Å². The van der Waals surface area contributed by atoms with Crippen molar-refractivity contribution in [2.24, 2.45) is 7.05 Å². The number of aromatic nitrogens is 2. The molecule has 1 aromatic rings. The van der Waals surface area contributed by atoms with E-state index in [1.807, 2.05) is 24.9 Å². The van der Waals surface area contributed by atoms with Crippen molar-refractivity contribution < 1.29 is 4.74 Å². The third-order valence-electron chi connectivity index (χ3n) is 2.86. The van der Waals surface area contributed by atoms with Crippen LogP contribution in [0, 0.1) is 6.92 Å². The first-order chi connectivity index (χ1) is 7.66. The van der Waals surface area contributed by atoms with E-state index >= 15 is 0 Å². The second-order valence-corrected chi connectivity index (χ2v) is 4.04. The molecule has 16 heavy (non-hydrogen) atoms. The molecule has 0 aliphatic heterocycles. The van der Waals surface area contributed by atoms with Gasteiger partial charge in [0, 0.05) is 37.6 Å². The molecule has 1 N–H and O–H groups in total. The maximum atomic E-state index is 5.29. The van der Waals surface area contributed by atoms with Crippen LogP contribution in [0.2, 0.25) is 0 Å². The van der Waals surface area contributed by atoms with E-state index in [9.17, 15) is 0 Å². The Morgan fingerprint density at radius 2 is 2.31 bits per heavy atom. The molecule has 0 radical (unpaired) electrons. The molecule has 0 aliphatic carbocycles. The Balaban J connectivity index is 2.30. The third kappa shape index (κ3) is 3.61. The summed E-state index contributed by atoms with van der Waals surface area (Å²) in [4.78, 5) is 0. The standard InChI is InChI=1S/C12H23N3O/c1-5-16-8-6-7-13-10(2)12-9-14-15(4)11(12)3/h9-10,13H,5-8H2,1-4H3. The molecule has 0 aliphatic rings. The van der Waals surface area contributed by atoms with E-state index in [1.165, 1.54) is 11.3 Å². The van der Waals surface area contributed by atoms with Crippen LogP contribution in [-0.2, 0) is 11.8 Å². The minimum Gasteiger partial charge on any atom is -0.382 e. The molecule has 0 saturated heterocycles. The molecular weight excluding hydrogens is 202 g/mol. The summed E-state index contributed by atoms with van der Waals surface area (Å²) in [6, 6.07) is 0.357. The summed E-state index contributed by atoms with van der Waals surface area (Å²) in [5.41, 5.74) is 2.50. The van der Waals surface area contributed by atoms with Crippen LogP contribution in [0.1, 0.15) is 37.6 Å². The van der Waals surface area contributed by atoms with Crippen molar-refractivity contribution in [3.63, 3.8) is 0 Å². The molecule has 0 amide bonds. The molecule has 1 heterocycles. The molecule has 4 heteroatoms. The summed E-state index contributed by atoms with van der Waals surface area (Å²) in [5.74, 6) is 0. The molecular formula is C12H23N3O. The van der Waals surface area contributed by atoms with Gasteiger partial charge in [0.25, 0.3) is 0 Å². The van der Waals surface area contributed by atoms with Crippen molar-refractivity contribution in [3.8, 4) is 0 Å². The molecule has 1 aromatic heterocycles. The Morgan fingerprint density at radius 1 is 1.56 bits per heavy atom. The van der Waals surface area contributed by atoms with Crippen molar-refractivity contribution in [2.75, 3.05) is 19.8 Å². The number of rotatable bonds is 7. The average Bonchev–Trinajstić information content (AvgIpc) is 2.59. The zero-order valence-corrected chi connectivity index (χ0v) is 10.8. The second-order valence-electron chi connectivity index (χ2n) is 4.04. The van der Waals surface area contributed by atoms with Gasteiger partial charge < -0.3 is 10.1 Å². The third-order valence-corrected chi connectivity index (χ3v) is 2.86. The fourth-order valence-electron chi connectivity index (χ4n) is 1.69. The minimum absolute atomic E-state index is 0.357. The molecule has 0 spiro atoms. The van der Waals surface area contributed by atoms with Crippen LogP contribution in [0.25, 0.3) is 0 Å². The first-order valence-corrected chi connectivity index (χ1v) is 5.96. The lowest BCUT2D eigenvalue weighted by Gasteiger charge is -2.13. The molecule has 0 fully saturated rings. The SMILES string of the molecule is CCOCCCNC(C)c1cnn(C)c1C. The first-order valence-electron chi connectivity index (χ1n) is 5.96. The quantitative estimate of drug-likeness (QED) is 0.719. The highest BCUT2D eigenvalue weighted by atomic mass is 16.5. The average molecular weight is 225 g/mol. The Morgan fingerprint density at radius 3 is 2.88 bits per heavy atom. The normalized spacial score (nSPS) is 13.0. The highest BCUT2D eigenvalue weighted by Crippen LogP contribution is 2.15. The monoisotopic (exact) mass is 225 g/mol. The van der Waals surface area contributed by atoms with Gasteiger partial charge in [0.2, 0.25) is 0 Å². The highest BCUT2D eigenvalue weighted by molar-refractivity contribution is 5.19. The van der Waals surface area contributed by atoms with E-state index in [0.717, 1.165) is 26.2 Å². The van der Waals surface area contributed by atoms with Crippen molar-refractivity contribution in [1.82, 2.24) is 15.1 Å². The predicted octanol–water partition coefficient (Wildman–Crippen LogP) is 1.81. The molecule has 1 atom stereocenters. The van der Waals surface area contributed by atoms with Crippen molar-refractivity contribution in [1.29, 1.82) is 0 Å². The smallest absolute Gasteiger partial charge is 0.0540 e. The first kappa shape index (κ1) is 13.2. The van der Waals surface area contributed by atoms with E-state index in [-0.39, 0.29) is 0 Å². The van der Waals surface area contributed by atoms with Crippen LogP contribution in [0.5, 0.6) is 0 Å². The predicted molar refractivity (Wildman–Crippen MR) is 65.5 cm³/mol. The van der Waals surface area contributed by atoms with Gasteiger partial charge >= 0.3 is 0 Å². The van der Waals surface area contributed by atoms with Gasteiger partial charge in [-0.1, -0.05) is 0 Å². The summed E-state index contributed by atoms with van der Waals surface area (Å²) >= 11 is 0. The zero-order chi connectivity index (χ0) is 12.0. The number of hydrogen-bond acceptors (Lipinski definition) is 3. The van der Waals surface area contributed by atoms with E-state index in [1.54, 1.807) is 0 Å². The molecule has 0 bridgehead atoms. The number of nitrogens with zero attached hydrogens (tertiary/aromatic N) is 2. The van der Waals surface area contributed by atoms with Crippen molar-refractivity contribution in [3.05, 3.63) is 17.5 Å². The van der Waals surface area contributed by atoms with Gasteiger partial charge in [0.15, 0.2) is 0 Å². The Kier molecular flexibility index (Phi) is 5.49. The van der Waals surface area contributed by atoms with Gasteiger partial charge in [-0.15, -0.1) is 0 Å². The highest BCUT2D eigenvalue weighted by Gasteiger charge is 2.10. The number of hydrogen-bond donors (Lipinski definition) is 1. The molecule has 1 unspecified atom stereocenters. The zero-order valence-electron chi connectivity index (χ0n) is 10.8. The van der Waals surface area contributed by atoms with Crippen LogP contribution in [0.3, 0.4) is 0 Å². The minimum atomic E-state index is 0.357. The van der Waals surface area contributed by atoms with Crippen LogP contribution < -0.4 is 5.32 Å². The van der Waals surface area contributed by atoms with Crippen LogP contribution in [-0.4, -0.2) is 29.5 Å². The summed E-state index contributed by atoms with van der Waals surface area (Å²) < 4.78 is 7.20. The topological polar surface area (TPSA) is 39.1 Å². The summed E-state index contributed by atoms with van der Waals surface area (Å²) in [7, 11) is 1.97. The molecule has 4 nitrogen and oxygen atoms in total. The number of ether oxygens (including phenoxy) is 1. The summed E-state index contributed by atoms with van der Waals surface area (Å²) in [6.07, 6.45) is 2.99. The largest absolute Gasteiger partial charge is 0.382 e. The summed E-state index contributed by atoms with van der Waals surface area (Å²) in [6.45, 7) is 8.91. The van der Waals surface area contributed by atoms with Crippen LogP contribution in [0.4, 0.5) is 0 Å². The van der Waals surface area contributed by atoms with E-state index < -0.39 is 0 Å². The van der Waals surface area contributed by atoms with Crippen LogP contribution in [0.15, 0.2) is 6.20 Å². The lowest BCUT2D eigenvalue weighted by atomic mass is 10.1. The second kappa shape index (κ2) is 6.66. The van der Waals surface area contributed by atoms with Gasteiger partial charge in [-0.25, -0.2) is 0 Å². The summed E-state index contributed by atoms with van der Waals surface area (Å²) in [5, 5.41) is 7.73. The fraction of sp³-hybridized carbons (Fsp3) is 0.750. The Bertz CT molecular complexity index is 309. The fourth-order valence-corrected chi connectivity index (χ4v) is 1.69. The van der Waals surface area contributed by atoms with Crippen LogP contribution >= 0.6 is 0 Å². The maximum Gasteiger partial charge on any atom is 0.0540 e. The van der Waals surface area contributed by atoms with Crippen molar-refractivity contribution >= 4 is 0 Å². The van der Waals surface area contributed by atoms with E-state index in [4.69, 9.17) is 4.74 Å². The Labute approximate surface area is 98.0 Å². The maximum absolute atomic E-state index is 5.29. The number of nitrogens with one attached hydrogen (secondary N) is 1. The lowest BCUT2D eigenvalue weighted by Crippen LogP contribution is -2.21. The van der Waals surface area contributed by atoms with Gasteiger partial charge in [-0.2, -0.15) is 5.10 Å². The van der Waals surface area contributed by atoms with Gasteiger partial charge in [-0.3, -0.25) is 4.68 Å². The Hall–Kier alpha value is -0.870. The lowest BCUT2D eigenvalue weighted by molar-refractivity contribution is 0.144. The van der Waals surface area contributed by atoms with E-state index in [2.05, 4.69) is 24.3 Å². The molecule has 92 valence electrons. The molecule has 1 rings (SSSR count). The van der Waals surface area contributed by atoms with Crippen molar-refractivity contribution in [2.45, 2.75) is 33.2 Å². The van der Waals surface area contributed by atoms with Gasteiger partial charge in [0.1, 0.15) is 0 Å². The van der Waals surface area contributed by atoms with Gasteiger partial charge in [0.05, 0.1) is 6.20 Å². The number of aryl methyl sites for hydroxylation is 1. The molecule has 0 saturated carbocycles.